The van der Waals surface area contributed by atoms with E-state index in [-0.39, 0.29) is 5.78 Å². The molecule has 2 aromatic rings. The van der Waals surface area contributed by atoms with E-state index in [1.54, 1.807) is 12.3 Å². The summed E-state index contributed by atoms with van der Waals surface area (Å²) in [5.41, 5.74) is 1.27. The van der Waals surface area contributed by atoms with E-state index < -0.39 is 0 Å². The van der Waals surface area contributed by atoms with Crippen molar-refractivity contribution in [1.29, 1.82) is 0 Å². The average Bonchev–Trinajstić information content (AvgIpc) is 2.49. The molecule has 2 heterocycles. The van der Waals surface area contributed by atoms with Crippen LogP contribution in [0.25, 0.3) is 10.3 Å². The minimum atomic E-state index is -0.00241. The molecule has 2 aromatic heterocycles. The smallest absolute Gasteiger partial charge is 0.163 e. The van der Waals surface area contributed by atoms with Gasteiger partial charge in [-0.05, 0) is 13.0 Å². The summed E-state index contributed by atoms with van der Waals surface area (Å²) in [4.78, 5) is 15.7. The molecule has 5 heteroatoms. The van der Waals surface area contributed by atoms with Crippen LogP contribution >= 0.6 is 11.5 Å². The molecule has 0 aromatic carbocycles. The fraction of sp³-hybridized carbons (Fsp3) is 0.143. The van der Waals surface area contributed by atoms with Gasteiger partial charge in [0.1, 0.15) is 5.52 Å². The van der Waals surface area contributed by atoms with Crippen molar-refractivity contribution in [3.8, 4) is 0 Å². The first kappa shape index (κ1) is 7.30. The van der Waals surface area contributed by atoms with Crippen LogP contribution in [0.2, 0.25) is 0 Å². The highest BCUT2D eigenvalue weighted by Gasteiger charge is 2.03. The monoisotopic (exact) mass is 179 g/mol. The molecule has 2 rings (SSSR count). The van der Waals surface area contributed by atoms with Crippen LogP contribution < -0.4 is 0 Å². The molecule has 0 spiro atoms. The number of fused-ring (bicyclic) bond motifs is 1. The number of nitrogens with zero attached hydrogens (tertiary/aromatic N) is 3. The van der Waals surface area contributed by atoms with Gasteiger partial charge in [0.25, 0.3) is 0 Å². The minimum absolute atomic E-state index is 0.00241. The van der Waals surface area contributed by atoms with Crippen LogP contribution in [-0.4, -0.2) is 20.4 Å². The van der Waals surface area contributed by atoms with Crippen molar-refractivity contribution in [2.75, 3.05) is 0 Å². The first-order chi connectivity index (χ1) is 5.77. The summed E-state index contributed by atoms with van der Waals surface area (Å²) in [7, 11) is 0. The number of ketones is 1. The summed E-state index contributed by atoms with van der Waals surface area (Å²) in [6, 6.07) is 1.70. The topological polar surface area (TPSA) is 55.7 Å². The third-order valence-electron chi connectivity index (χ3n) is 1.51. The number of carbonyl (C=O) groups is 1. The molecule has 4 nitrogen and oxygen atoms in total. The molecule has 0 amide bonds. The van der Waals surface area contributed by atoms with E-state index in [1.165, 1.54) is 18.5 Å². The molecule has 0 radical (unpaired) electrons. The lowest BCUT2D eigenvalue weighted by Gasteiger charge is -1.91. The number of aromatic nitrogens is 3. The second-order valence-corrected chi connectivity index (χ2v) is 3.11. The van der Waals surface area contributed by atoms with E-state index in [9.17, 15) is 4.79 Å². The van der Waals surface area contributed by atoms with Crippen LogP contribution in [0.5, 0.6) is 0 Å². The average molecular weight is 179 g/mol. The Morgan fingerprint density at radius 3 is 3.17 bits per heavy atom. The van der Waals surface area contributed by atoms with Crippen molar-refractivity contribution in [2.24, 2.45) is 0 Å². The Hall–Kier alpha value is -1.36. The van der Waals surface area contributed by atoms with Gasteiger partial charge >= 0.3 is 0 Å². The highest BCUT2D eigenvalue weighted by molar-refractivity contribution is 7.12. The Labute approximate surface area is 72.4 Å². The Bertz CT molecular complexity index is 437. The second kappa shape index (κ2) is 2.60. The van der Waals surface area contributed by atoms with Gasteiger partial charge in [0.15, 0.2) is 10.6 Å². The third kappa shape index (κ3) is 1.08. The Morgan fingerprint density at radius 2 is 2.42 bits per heavy atom. The molecule has 0 aliphatic rings. The fourth-order valence-electron chi connectivity index (χ4n) is 0.878. The SMILES string of the molecule is CC(=O)c1cnc2snnc2c1. The first-order valence-corrected chi connectivity index (χ1v) is 4.14. The maximum absolute atomic E-state index is 10.9. The van der Waals surface area contributed by atoms with Crippen molar-refractivity contribution in [3.63, 3.8) is 0 Å². The predicted octanol–water partition coefficient (Wildman–Crippen LogP) is 1.29. The molecular formula is C7H5N3OS. The molecule has 0 saturated carbocycles. The summed E-state index contributed by atoms with van der Waals surface area (Å²) >= 11 is 1.22. The van der Waals surface area contributed by atoms with Gasteiger partial charge in [0.05, 0.1) is 0 Å². The molecule has 0 atom stereocenters. The van der Waals surface area contributed by atoms with Crippen molar-refractivity contribution in [3.05, 3.63) is 17.8 Å². The van der Waals surface area contributed by atoms with E-state index >= 15 is 0 Å². The van der Waals surface area contributed by atoms with E-state index in [2.05, 4.69) is 14.6 Å². The number of hydrogen-bond donors (Lipinski definition) is 0. The van der Waals surface area contributed by atoms with Crippen LogP contribution in [0.4, 0.5) is 0 Å². The number of hydrogen-bond acceptors (Lipinski definition) is 5. The summed E-state index contributed by atoms with van der Waals surface area (Å²) < 4.78 is 3.72. The van der Waals surface area contributed by atoms with Crippen LogP contribution in [0.3, 0.4) is 0 Å². The van der Waals surface area contributed by atoms with E-state index in [1.807, 2.05) is 0 Å². The normalized spacial score (nSPS) is 10.4. The summed E-state index contributed by atoms with van der Waals surface area (Å²) in [6.07, 6.45) is 1.55. The van der Waals surface area contributed by atoms with Crippen LogP contribution in [0.15, 0.2) is 12.3 Å². The van der Waals surface area contributed by atoms with Crippen molar-refractivity contribution < 1.29 is 4.79 Å². The zero-order valence-corrected chi connectivity index (χ0v) is 7.13. The fourth-order valence-corrected chi connectivity index (χ4v) is 1.38. The molecule has 12 heavy (non-hydrogen) atoms. The summed E-state index contributed by atoms with van der Waals surface area (Å²) in [6.45, 7) is 1.50. The van der Waals surface area contributed by atoms with Crippen molar-refractivity contribution >= 4 is 27.7 Å². The van der Waals surface area contributed by atoms with Gasteiger partial charge in [0, 0.05) is 23.3 Å². The van der Waals surface area contributed by atoms with Crippen LogP contribution in [0.1, 0.15) is 17.3 Å². The zero-order chi connectivity index (χ0) is 8.55. The molecule has 0 unspecified atom stereocenters. The Kier molecular flexibility index (Phi) is 1.58. The van der Waals surface area contributed by atoms with Gasteiger partial charge in [-0.3, -0.25) is 4.79 Å². The summed E-state index contributed by atoms with van der Waals surface area (Å²) in [5.74, 6) is -0.00241. The van der Waals surface area contributed by atoms with Gasteiger partial charge in [-0.1, -0.05) is 4.49 Å². The lowest BCUT2D eigenvalue weighted by Crippen LogP contribution is -1.92. The molecular weight excluding hydrogens is 174 g/mol. The van der Waals surface area contributed by atoms with Gasteiger partial charge in [-0.25, -0.2) is 4.98 Å². The highest BCUT2D eigenvalue weighted by Crippen LogP contribution is 2.13. The number of rotatable bonds is 1. The van der Waals surface area contributed by atoms with E-state index in [0.29, 0.717) is 11.1 Å². The number of carbonyl (C=O) groups excluding carboxylic acids is 1. The van der Waals surface area contributed by atoms with Crippen LogP contribution in [-0.2, 0) is 0 Å². The van der Waals surface area contributed by atoms with E-state index in [0.717, 1.165) is 4.83 Å². The third-order valence-corrected chi connectivity index (χ3v) is 2.17. The van der Waals surface area contributed by atoms with Crippen LogP contribution in [0, 0.1) is 0 Å². The largest absolute Gasteiger partial charge is 0.294 e. The lowest BCUT2D eigenvalue weighted by atomic mass is 10.2. The van der Waals surface area contributed by atoms with Crippen molar-refractivity contribution in [2.45, 2.75) is 6.92 Å². The molecule has 0 aliphatic heterocycles. The summed E-state index contributed by atoms with van der Waals surface area (Å²) in [5, 5.41) is 3.82. The molecule has 0 aliphatic carbocycles. The molecule has 0 saturated heterocycles. The van der Waals surface area contributed by atoms with Crippen molar-refractivity contribution in [1.82, 2.24) is 14.6 Å². The minimum Gasteiger partial charge on any atom is -0.294 e. The highest BCUT2D eigenvalue weighted by atomic mass is 32.1. The lowest BCUT2D eigenvalue weighted by molar-refractivity contribution is 0.101. The Morgan fingerprint density at radius 1 is 1.58 bits per heavy atom. The maximum Gasteiger partial charge on any atom is 0.163 e. The first-order valence-electron chi connectivity index (χ1n) is 3.36. The Balaban J connectivity index is 2.68. The molecule has 0 N–H and O–H groups in total. The van der Waals surface area contributed by atoms with Gasteiger partial charge in [-0.2, -0.15) is 0 Å². The predicted molar refractivity (Wildman–Crippen MR) is 45.2 cm³/mol. The molecule has 60 valence electrons. The van der Waals surface area contributed by atoms with Gasteiger partial charge in [0.2, 0.25) is 0 Å². The van der Waals surface area contributed by atoms with E-state index in [4.69, 9.17) is 0 Å². The quantitative estimate of drug-likeness (QED) is 0.619. The molecule has 0 bridgehead atoms. The number of pyridine rings is 1. The van der Waals surface area contributed by atoms with Gasteiger partial charge in [-0.15, -0.1) is 5.10 Å². The number of Topliss-reactive ketones (excluding diaryl/α,β-unsaturated/α-hetero) is 1. The second-order valence-electron chi connectivity index (χ2n) is 2.38. The van der Waals surface area contributed by atoms with Gasteiger partial charge < -0.3 is 0 Å². The standard InChI is InChI=1S/C7H5N3OS/c1-4(11)5-2-6-7(8-3-5)12-10-9-6/h2-3H,1H3. The maximum atomic E-state index is 10.9. The zero-order valence-electron chi connectivity index (χ0n) is 6.31. The molecule has 0 fully saturated rings.